The lowest BCUT2D eigenvalue weighted by atomic mass is 10.2. The molecule has 0 atom stereocenters. The van der Waals surface area contributed by atoms with Crippen LogP contribution >= 0.6 is 0 Å². The normalized spacial score (nSPS) is 15.1. The number of imide groups is 1. The molecular weight excluding hydrogens is 419 g/mol. The van der Waals surface area contributed by atoms with Crippen molar-refractivity contribution in [1.29, 1.82) is 0 Å². The lowest BCUT2D eigenvalue weighted by Gasteiger charge is -2.32. The van der Waals surface area contributed by atoms with Crippen LogP contribution in [0.15, 0.2) is 41.2 Å². The van der Waals surface area contributed by atoms with E-state index in [1.54, 1.807) is 6.07 Å². The van der Waals surface area contributed by atoms with Gasteiger partial charge >= 0.3 is 12.2 Å². The number of carbonyl (C=O) groups is 2. The Labute approximate surface area is 173 Å². The van der Waals surface area contributed by atoms with Crippen molar-refractivity contribution < 1.29 is 32.0 Å². The van der Waals surface area contributed by atoms with Crippen molar-refractivity contribution in [3.8, 4) is 5.75 Å². The maximum Gasteiger partial charge on any atom is 0.437 e. The fourth-order valence-corrected chi connectivity index (χ4v) is 3.15. The molecule has 162 valence electrons. The number of halogens is 3. The van der Waals surface area contributed by atoms with Gasteiger partial charge in [-0.1, -0.05) is 5.16 Å². The van der Waals surface area contributed by atoms with Crippen molar-refractivity contribution in [2.75, 3.05) is 24.6 Å². The second-order valence-electron chi connectivity index (χ2n) is 6.67. The molecule has 9 nitrogen and oxygen atoms in total. The van der Waals surface area contributed by atoms with E-state index in [9.17, 15) is 22.8 Å². The Hall–Kier alpha value is -3.70. The zero-order chi connectivity index (χ0) is 22.0. The maximum absolute atomic E-state index is 12.9. The first-order chi connectivity index (χ1) is 14.8. The van der Waals surface area contributed by atoms with Gasteiger partial charge in [0, 0.05) is 38.0 Å². The summed E-state index contributed by atoms with van der Waals surface area (Å²) in [4.78, 5) is 35.3. The van der Waals surface area contributed by atoms with Crippen LogP contribution in [0, 0.1) is 0 Å². The number of hydrogen-bond acceptors (Lipinski definition) is 7. The largest absolute Gasteiger partial charge is 0.493 e. The molecule has 0 aliphatic carbocycles. The smallest absolute Gasteiger partial charge is 0.437 e. The van der Waals surface area contributed by atoms with Gasteiger partial charge in [-0.3, -0.25) is 14.6 Å². The second-order valence-corrected chi connectivity index (χ2v) is 6.67. The van der Waals surface area contributed by atoms with Gasteiger partial charge < -0.3 is 9.26 Å². The number of ether oxygens (including phenoxy) is 1. The lowest BCUT2D eigenvalue weighted by molar-refractivity contribution is -0.141. The van der Waals surface area contributed by atoms with Gasteiger partial charge in [0.2, 0.25) is 11.9 Å². The minimum absolute atomic E-state index is 0.0512. The van der Waals surface area contributed by atoms with E-state index in [1.165, 1.54) is 35.5 Å². The van der Waals surface area contributed by atoms with E-state index < -0.39 is 17.9 Å². The number of benzene rings is 1. The van der Waals surface area contributed by atoms with E-state index >= 15 is 0 Å². The van der Waals surface area contributed by atoms with Crippen molar-refractivity contribution in [3.05, 3.63) is 42.4 Å². The molecule has 1 aliphatic rings. The van der Waals surface area contributed by atoms with E-state index in [4.69, 9.17) is 9.26 Å². The highest BCUT2D eigenvalue weighted by atomic mass is 19.4. The third-order valence-electron chi connectivity index (χ3n) is 4.61. The molecule has 4 rings (SSSR count). The Morgan fingerprint density at radius 3 is 2.68 bits per heavy atom. The molecule has 1 aromatic carbocycles. The predicted molar refractivity (Wildman–Crippen MR) is 100 cm³/mol. The van der Waals surface area contributed by atoms with Crippen LogP contribution in [-0.2, 0) is 11.0 Å². The topological polar surface area (TPSA) is 102 Å². The van der Waals surface area contributed by atoms with Crippen LogP contribution in [0.2, 0.25) is 0 Å². The molecule has 1 saturated heterocycles. The number of carbonyl (C=O) groups excluding carboxylic acids is 2. The van der Waals surface area contributed by atoms with Gasteiger partial charge in [-0.2, -0.15) is 13.2 Å². The predicted octanol–water partition coefficient (Wildman–Crippen LogP) is 3.26. The lowest BCUT2D eigenvalue weighted by Crippen LogP contribution is -2.53. The summed E-state index contributed by atoms with van der Waals surface area (Å²) in [7, 11) is 0. The molecule has 3 heterocycles. The van der Waals surface area contributed by atoms with Gasteiger partial charge in [-0.05, 0) is 24.6 Å². The molecule has 31 heavy (non-hydrogen) atoms. The van der Waals surface area contributed by atoms with Crippen molar-refractivity contribution in [1.82, 2.24) is 20.0 Å². The maximum atomic E-state index is 12.9. The average molecular weight is 435 g/mol. The molecule has 1 aliphatic heterocycles. The fraction of sp³-hybridized carbons (Fsp3) is 0.316. The second kappa shape index (κ2) is 8.20. The molecule has 3 aromatic rings. The Kier molecular flexibility index (Phi) is 5.44. The highest BCUT2D eigenvalue weighted by Crippen LogP contribution is 2.35. The zero-order valence-corrected chi connectivity index (χ0v) is 16.0. The van der Waals surface area contributed by atoms with E-state index in [1.807, 2.05) is 0 Å². The third-order valence-corrected chi connectivity index (χ3v) is 4.61. The number of hydrogen-bond donors (Lipinski definition) is 0. The Bertz CT molecular complexity index is 1100. The molecule has 0 spiro atoms. The number of urea groups is 1. The number of aromatic nitrogens is 3. The van der Waals surface area contributed by atoms with Gasteiger partial charge in [0.25, 0.3) is 0 Å². The molecule has 0 unspecified atom stereocenters. The Morgan fingerprint density at radius 1 is 1.16 bits per heavy atom. The molecule has 0 saturated carbocycles. The molecular formula is C19H16F3N5O4. The Morgan fingerprint density at radius 2 is 1.94 bits per heavy atom. The van der Waals surface area contributed by atoms with Gasteiger partial charge in [0.05, 0.1) is 12.0 Å². The van der Waals surface area contributed by atoms with Crippen LogP contribution in [0.1, 0.15) is 18.5 Å². The molecule has 0 N–H and O–H groups in total. The SMILES string of the molecule is O=C1CCN(c2ncccn2)C(=O)N1CCCOc1ccc2c(C(F)(F)F)noc2c1. The standard InChI is InChI=1S/C19H16F3N5O4/c20-19(21,22)16-13-4-3-12(11-14(13)31-25-16)30-10-2-8-26-15(28)5-9-27(18(26)29)17-23-6-1-7-24-17/h1,3-4,6-7,11H,2,5,8-10H2. The summed E-state index contributed by atoms with van der Waals surface area (Å²) >= 11 is 0. The van der Waals surface area contributed by atoms with Crippen LogP contribution in [0.3, 0.4) is 0 Å². The van der Waals surface area contributed by atoms with Crippen LogP contribution in [0.4, 0.5) is 23.9 Å². The summed E-state index contributed by atoms with van der Waals surface area (Å²) in [6, 6.07) is 5.02. The quantitative estimate of drug-likeness (QED) is 0.548. The first kappa shape index (κ1) is 20.6. The van der Waals surface area contributed by atoms with E-state index in [0.29, 0.717) is 6.42 Å². The van der Waals surface area contributed by atoms with Crippen molar-refractivity contribution in [2.45, 2.75) is 19.0 Å². The minimum atomic E-state index is -4.61. The average Bonchev–Trinajstić information content (AvgIpc) is 3.17. The summed E-state index contributed by atoms with van der Waals surface area (Å²) in [6.07, 6.45) is -1.13. The van der Waals surface area contributed by atoms with Crippen molar-refractivity contribution >= 4 is 28.9 Å². The van der Waals surface area contributed by atoms with Crippen LogP contribution in [-0.4, -0.2) is 51.7 Å². The molecule has 12 heteroatoms. The van der Waals surface area contributed by atoms with E-state index in [0.717, 1.165) is 4.90 Å². The number of fused-ring (bicyclic) bond motifs is 1. The molecule has 0 bridgehead atoms. The van der Waals surface area contributed by atoms with Crippen LogP contribution < -0.4 is 9.64 Å². The number of nitrogens with zero attached hydrogens (tertiary/aromatic N) is 5. The molecule has 0 radical (unpaired) electrons. The zero-order valence-electron chi connectivity index (χ0n) is 16.0. The van der Waals surface area contributed by atoms with Gasteiger partial charge in [-0.15, -0.1) is 0 Å². The number of anilines is 1. The summed E-state index contributed by atoms with van der Waals surface area (Å²) < 4.78 is 48.8. The van der Waals surface area contributed by atoms with Gasteiger partial charge in [-0.25, -0.2) is 14.8 Å². The van der Waals surface area contributed by atoms with Crippen molar-refractivity contribution in [3.63, 3.8) is 0 Å². The van der Waals surface area contributed by atoms with Gasteiger partial charge in [0.15, 0.2) is 11.3 Å². The highest BCUT2D eigenvalue weighted by molar-refractivity contribution is 6.04. The summed E-state index contributed by atoms with van der Waals surface area (Å²) in [5.41, 5.74) is -1.15. The first-order valence-corrected chi connectivity index (χ1v) is 9.33. The monoisotopic (exact) mass is 435 g/mol. The minimum Gasteiger partial charge on any atom is -0.493 e. The number of amides is 3. The molecule has 1 fully saturated rings. The Balaban J connectivity index is 1.34. The summed E-state index contributed by atoms with van der Waals surface area (Å²) in [5, 5.41) is 2.90. The summed E-state index contributed by atoms with van der Waals surface area (Å²) in [5.74, 6) is 0.202. The number of alkyl halides is 3. The fourth-order valence-electron chi connectivity index (χ4n) is 3.15. The molecule has 2 aromatic heterocycles. The summed E-state index contributed by atoms with van der Waals surface area (Å²) in [6.45, 7) is 0.445. The van der Waals surface area contributed by atoms with E-state index in [2.05, 4.69) is 15.1 Å². The third kappa shape index (κ3) is 4.27. The highest BCUT2D eigenvalue weighted by Gasteiger charge is 2.37. The van der Waals surface area contributed by atoms with E-state index in [-0.39, 0.29) is 54.7 Å². The number of rotatable bonds is 6. The van der Waals surface area contributed by atoms with Gasteiger partial charge in [0.1, 0.15) is 5.75 Å². The van der Waals surface area contributed by atoms with Crippen LogP contribution in [0.25, 0.3) is 11.0 Å². The van der Waals surface area contributed by atoms with Crippen LogP contribution in [0.5, 0.6) is 5.75 Å². The first-order valence-electron chi connectivity index (χ1n) is 9.33. The molecule has 3 amide bonds. The van der Waals surface area contributed by atoms with Crippen molar-refractivity contribution in [2.24, 2.45) is 0 Å².